The van der Waals surface area contributed by atoms with Crippen LogP contribution in [0.1, 0.15) is 21.5 Å². The Bertz CT molecular complexity index is 1090. The lowest BCUT2D eigenvalue weighted by Crippen LogP contribution is -2.18. The Morgan fingerprint density at radius 1 is 1.12 bits per heavy atom. The number of benzene rings is 2. The Hall–Kier alpha value is -2.77. The van der Waals surface area contributed by atoms with Crippen LogP contribution < -0.4 is 10.5 Å². The number of hydrogen-bond acceptors (Lipinski definition) is 4. The van der Waals surface area contributed by atoms with E-state index in [1.54, 1.807) is 32.2 Å². The Morgan fingerprint density at radius 3 is 2.56 bits per heavy atom. The third-order valence-corrected chi connectivity index (χ3v) is 5.11. The molecular formula is C18H17N3O3S. The number of amides is 1. The topological polar surface area (TPSA) is 102 Å². The molecule has 3 aromatic rings. The highest BCUT2D eigenvalue weighted by Gasteiger charge is 2.18. The van der Waals surface area contributed by atoms with Crippen LogP contribution in [0.25, 0.3) is 10.9 Å². The number of pyridine rings is 1. The fourth-order valence-electron chi connectivity index (χ4n) is 2.65. The number of fused-ring (bicyclic) bond motifs is 1. The van der Waals surface area contributed by atoms with Crippen molar-refractivity contribution in [2.24, 2.45) is 5.14 Å². The van der Waals surface area contributed by atoms with Crippen LogP contribution in [0.2, 0.25) is 0 Å². The lowest BCUT2D eigenvalue weighted by Gasteiger charge is -2.12. The lowest BCUT2D eigenvalue weighted by atomic mass is 10.1. The van der Waals surface area contributed by atoms with Gasteiger partial charge in [0.2, 0.25) is 10.0 Å². The van der Waals surface area contributed by atoms with Crippen LogP contribution >= 0.6 is 0 Å². The molecule has 7 heteroatoms. The van der Waals surface area contributed by atoms with E-state index in [4.69, 9.17) is 5.14 Å². The zero-order valence-corrected chi connectivity index (χ0v) is 14.6. The highest BCUT2D eigenvalue weighted by Crippen LogP contribution is 2.23. The van der Waals surface area contributed by atoms with Crippen LogP contribution in [0, 0.1) is 13.8 Å². The van der Waals surface area contributed by atoms with Gasteiger partial charge in [0, 0.05) is 17.1 Å². The minimum atomic E-state index is -3.91. The van der Waals surface area contributed by atoms with Crippen LogP contribution in [0.3, 0.4) is 0 Å². The van der Waals surface area contributed by atoms with Crippen molar-refractivity contribution >= 4 is 32.5 Å². The number of anilines is 1. The fraction of sp³-hybridized carbons (Fsp3) is 0.111. The predicted molar refractivity (Wildman–Crippen MR) is 97.0 cm³/mol. The van der Waals surface area contributed by atoms with Gasteiger partial charge in [-0.25, -0.2) is 13.6 Å². The quantitative estimate of drug-likeness (QED) is 0.754. The summed E-state index contributed by atoms with van der Waals surface area (Å²) < 4.78 is 23.5. The smallest absolute Gasteiger partial charge is 0.255 e. The maximum absolute atomic E-state index is 12.6. The molecule has 3 N–H and O–H groups in total. The van der Waals surface area contributed by atoms with Gasteiger partial charge in [0.25, 0.3) is 5.91 Å². The van der Waals surface area contributed by atoms with Gasteiger partial charge in [-0.05, 0) is 49.2 Å². The molecular weight excluding hydrogens is 338 g/mol. The normalized spacial score (nSPS) is 11.5. The third kappa shape index (κ3) is 3.38. The molecule has 0 bridgehead atoms. The molecule has 0 unspecified atom stereocenters. The number of carbonyl (C=O) groups is 1. The molecule has 6 nitrogen and oxygen atoms in total. The summed E-state index contributed by atoms with van der Waals surface area (Å²) in [6, 6.07) is 12.1. The summed E-state index contributed by atoms with van der Waals surface area (Å²) in [4.78, 5) is 16.9. The Kier molecular flexibility index (Phi) is 4.28. The van der Waals surface area contributed by atoms with Crippen LogP contribution in [0.15, 0.2) is 53.6 Å². The number of primary sulfonamides is 1. The predicted octanol–water partition coefficient (Wildman–Crippen LogP) is 2.75. The van der Waals surface area contributed by atoms with Gasteiger partial charge in [-0.15, -0.1) is 0 Å². The van der Waals surface area contributed by atoms with Gasteiger partial charge in [-0.3, -0.25) is 9.78 Å². The molecule has 3 rings (SSSR count). The number of aryl methyl sites for hydroxylation is 1. The first-order valence-electron chi connectivity index (χ1n) is 7.56. The van der Waals surface area contributed by atoms with Gasteiger partial charge in [0.05, 0.1) is 16.1 Å². The number of para-hydroxylation sites is 1. The number of rotatable bonds is 3. The Morgan fingerprint density at radius 2 is 1.84 bits per heavy atom. The van der Waals surface area contributed by atoms with Crippen molar-refractivity contribution in [1.82, 2.24) is 4.98 Å². The molecule has 0 fully saturated rings. The van der Waals surface area contributed by atoms with Crippen molar-refractivity contribution in [1.29, 1.82) is 0 Å². The maximum atomic E-state index is 12.6. The van der Waals surface area contributed by atoms with Crippen LogP contribution in [-0.2, 0) is 10.0 Å². The van der Waals surface area contributed by atoms with Crippen LogP contribution in [-0.4, -0.2) is 19.3 Å². The van der Waals surface area contributed by atoms with E-state index in [1.165, 1.54) is 6.07 Å². The monoisotopic (exact) mass is 355 g/mol. The highest BCUT2D eigenvalue weighted by molar-refractivity contribution is 7.89. The second-order valence-electron chi connectivity index (χ2n) is 5.80. The molecule has 0 saturated carbocycles. The van der Waals surface area contributed by atoms with E-state index in [-0.39, 0.29) is 10.5 Å². The molecule has 1 heterocycles. The molecule has 2 aromatic carbocycles. The average molecular weight is 355 g/mol. The van der Waals surface area contributed by atoms with Crippen molar-refractivity contribution in [3.05, 3.63) is 65.4 Å². The first-order chi connectivity index (χ1) is 11.8. The zero-order chi connectivity index (χ0) is 18.2. The second kappa shape index (κ2) is 6.27. The molecule has 1 amide bonds. The molecule has 0 atom stereocenters. The van der Waals surface area contributed by atoms with Crippen molar-refractivity contribution in [2.75, 3.05) is 5.32 Å². The summed E-state index contributed by atoms with van der Waals surface area (Å²) in [5.41, 5.74) is 2.64. The van der Waals surface area contributed by atoms with Gasteiger partial charge >= 0.3 is 0 Å². The number of nitrogens with two attached hydrogens (primary N) is 1. The SMILES string of the molecule is Cc1cc(C(=O)Nc2cccc3cccnc23)cc(S(N)(=O)=O)c1C. The van der Waals surface area contributed by atoms with Crippen LogP contribution in [0.5, 0.6) is 0 Å². The first-order valence-corrected chi connectivity index (χ1v) is 9.11. The number of nitrogens with zero attached hydrogens (tertiary/aromatic N) is 1. The van der Waals surface area contributed by atoms with E-state index in [0.29, 0.717) is 22.3 Å². The van der Waals surface area contributed by atoms with Crippen molar-refractivity contribution in [2.45, 2.75) is 18.7 Å². The van der Waals surface area contributed by atoms with E-state index < -0.39 is 15.9 Å². The summed E-state index contributed by atoms with van der Waals surface area (Å²) in [5.74, 6) is -0.425. The molecule has 25 heavy (non-hydrogen) atoms. The summed E-state index contributed by atoms with van der Waals surface area (Å²) in [5, 5.41) is 8.94. The van der Waals surface area contributed by atoms with Crippen molar-refractivity contribution in [3.8, 4) is 0 Å². The lowest BCUT2D eigenvalue weighted by molar-refractivity contribution is 0.102. The number of nitrogens with one attached hydrogen (secondary N) is 1. The summed E-state index contributed by atoms with van der Waals surface area (Å²) in [7, 11) is -3.91. The van der Waals surface area contributed by atoms with Gasteiger partial charge in [0.15, 0.2) is 0 Å². The van der Waals surface area contributed by atoms with Crippen LogP contribution in [0.4, 0.5) is 5.69 Å². The molecule has 0 saturated heterocycles. The Balaban J connectivity index is 2.03. The van der Waals surface area contributed by atoms with Gasteiger partial charge in [-0.2, -0.15) is 0 Å². The number of carbonyl (C=O) groups excluding carboxylic acids is 1. The van der Waals surface area contributed by atoms with E-state index in [9.17, 15) is 13.2 Å². The fourth-order valence-corrected chi connectivity index (χ4v) is 3.53. The maximum Gasteiger partial charge on any atom is 0.255 e. The van der Waals surface area contributed by atoms with Gasteiger partial charge in [0.1, 0.15) is 0 Å². The standard InChI is InChI=1S/C18H17N3O3S/c1-11-9-14(10-16(12(11)2)25(19,23)24)18(22)21-15-7-3-5-13-6-4-8-20-17(13)15/h3-10H,1-2H3,(H,21,22)(H2,19,23,24). The average Bonchev–Trinajstić information content (AvgIpc) is 2.56. The summed E-state index contributed by atoms with van der Waals surface area (Å²) >= 11 is 0. The minimum Gasteiger partial charge on any atom is -0.320 e. The van der Waals surface area contributed by atoms with Crippen molar-refractivity contribution in [3.63, 3.8) is 0 Å². The molecule has 0 radical (unpaired) electrons. The number of aromatic nitrogens is 1. The molecule has 0 aliphatic carbocycles. The molecule has 0 spiro atoms. The highest BCUT2D eigenvalue weighted by atomic mass is 32.2. The number of sulfonamides is 1. The largest absolute Gasteiger partial charge is 0.320 e. The second-order valence-corrected chi connectivity index (χ2v) is 7.33. The van der Waals surface area contributed by atoms with E-state index in [0.717, 1.165) is 5.39 Å². The van der Waals surface area contributed by atoms with E-state index >= 15 is 0 Å². The molecule has 0 aliphatic heterocycles. The minimum absolute atomic E-state index is 0.0475. The van der Waals surface area contributed by atoms with Gasteiger partial charge < -0.3 is 5.32 Å². The molecule has 0 aliphatic rings. The third-order valence-electron chi connectivity index (χ3n) is 4.07. The number of hydrogen-bond donors (Lipinski definition) is 2. The van der Waals surface area contributed by atoms with E-state index in [1.807, 2.05) is 24.3 Å². The van der Waals surface area contributed by atoms with Crippen molar-refractivity contribution < 1.29 is 13.2 Å². The zero-order valence-electron chi connectivity index (χ0n) is 13.8. The first kappa shape index (κ1) is 17.1. The van der Waals surface area contributed by atoms with Gasteiger partial charge in [-0.1, -0.05) is 18.2 Å². The summed E-state index contributed by atoms with van der Waals surface area (Å²) in [6.07, 6.45) is 1.65. The Labute approximate surface area is 145 Å². The summed E-state index contributed by atoms with van der Waals surface area (Å²) in [6.45, 7) is 3.39. The molecule has 1 aromatic heterocycles. The molecule has 128 valence electrons. The van der Waals surface area contributed by atoms with E-state index in [2.05, 4.69) is 10.3 Å².